The smallest absolute Gasteiger partial charge is 0.224 e. The number of hydrogen-bond acceptors (Lipinski definition) is 5. The van der Waals surface area contributed by atoms with Gasteiger partial charge in [0, 0.05) is 55.3 Å². The van der Waals surface area contributed by atoms with Crippen molar-refractivity contribution in [3.05, 3.63) is 52.9 Å². The second-order valence-corrected chi connectivity index (χ2v) is 9.84. The van der Waals surface area contributed by atoms with E-state index in [1.165, 1.54) is 33.8 Å². The summed E-state index contributed by atoms with van der Waals surface area (Å²) >= 11 is 1.81. The molecule has 1 aromatic heterocycles. The Bertz CT molecular complexity index is 1180. The van der Waals surface area contributed by atoms with Gasteiger partial charge in [-0.2, -0.15) is 0 Å². The topological polar surface area (TPSA) is 64.7 Å². The van der Waals surface area contributed by atoms with Crippen molar-refractivity contribution in [2.24, 2.45) is 0 Å². The molecule has 0 bridgehead atoms. The average Bonchev–Trinajstić information content (AvgIpc) is 3.30. The van der Waals surface area contributed by atoms with Crippen molar-refractivity contribution in [2.45, 2.75) is 32.6 Å². The second-order valence-electron chi connectivity index (χ2n) is 8.90. The van der Waals surface area contributed by atoms with E-state index in [1.807, 2.05) is 17.4 Å². The van der Waals surface area contributed by atoms with Crippen molar-refractivity contribution >= 4 is 50.3 Å². The van der Waals surface area contributed by atoms with E-state index in [1.54, 1.807) is 0 Å². The number of nitrogens with one attached hydrogen (secondary N) is 2. The number of aryl methyl sites for hydroxylation is 1. The summed E-state index contributed by atoms with van der Waals surface area (Å²) in [6, 6.07) is 12.9. The number of anilines is 3. The van der Waals surface area contributed by atoms with Gasteiger partial charge in [-0.15, -0.1) is 11.3 Å². The molecule has 2 aliphatic heterocycles. The number of hydrogen-bond donors (Lipinski definition) is 2. The standard InChI is InChI=1S/C26H30N4O2S/c1-18(31)27-22-9-7-19(20-8-10-25(32)28-26(20)22)4-3-12-29-13-15-30(16-14-29)23-5-2-6-24-21(23)11-17-33-24/h2,5-7,9,11,17H,3-4,8,10,12-16H2,1H3,(H,27,31)(H,28,32). The van der Waals surface area contributed by atoms with Crippen molar-refractivity contribution < 1.29 is 9.59 Å². The van der Waals surface area contributed by atoms with Gasteiger partial charge in [0.15, 0.2) is 0 Å². The minimum Gasteiger partial charge on any atom is -0.368 e. The number of amides is 2. The lowest BCUT2D eigenvalue weighted by Crippen LogP contribution is -2.46. The molecule has 3 heterocycles. The molecule has 1 saturated heterocycles. The highest BCUT2D eigenvalue weighted by Gasteiger charge is 2.22. The fraction of sp³-hybridized carbons (Fsp3) is 0.385. The zero-order chi connectivity index (χ0) is 22.8. The molecule has 2 aliphatic rings. The van der Waals surface area contributed by atoms with E-state index >= 15 is 0 Å². The van der Waals surface area contributed by atoms with E-state index < -0.39 is 0 Å². The van der Waals surface area contributed by atoms with Crippen LogP contribution < -0.4 is 15.5 Å². The van der Waals surface area contributed by atoms with Crippen molar-refractivity contribution in [1.82, 2.24) is 4.90 Å². The SMILES string of the molecule is CC(=O)Nc1ccc(CCCN2CCN(c3cccc4sccc34)CC2)c2c1NC(=O)CC2. The predicted octanol–water partition coefficient (Wildman–Crippen LogP) is 4.50. The Balaban J connectivity index is 1.18. The molecule has 0 aliphatic carbocycles. The first-order valence-corrected chi connectivity index (χ1v) is 12.6. The molecule has 0 atom stereocenters. The maximum atomic E-state index is 11.9. The average molecular weight is 463 g/mol. The first-order chi connectivity index (χ1) is 16.1. The van der Waals surface area contributed by atoms with Crippen LogP contribution in [0.2, 0.25) is 0 Å². The van der Waals surface area contributed by atoms with Gasteiger partial charge in [0.2, 0.25) is 11.8 Å². The Morgan fingerprint density at radius 3 is 2.76 bits per heavy atom. The van der Waals surface area contributed by atoms with E-state index in [9.17, 15) is 9.59 Å². The highest BCUT2D eigenvalue weighted by molar-refractivity contribution is 7.17. The number of carbonyl (C=O) groups is 2. The fourth-order valence-electron chi connectivity index (χ4n) is 5.05. The molecule has 33 heavy (non-hydrogen) atoms. The molecule has 2 amide bonds. The van der Waals surface area contributed by atoms with Crippen molar-refractivity contribution in [3.8, 4) is 0 Å². The van der Waals surface area contributed by atoms with Gasteiger partial charge in [-0.3, -0.25) is 14.5 Å². The van der Waals surface area contributed by atoms with Crippen LogP contribution >= 0.6 is 11.3 Å². The third-order valence-corrected chi connectivity index (χ3v) is 7.58. The maximum absolute atomic E-state index is 11.9. The van der Waals surface area contributed by atoms with Crippen molar-refractivity contribution in [1.29, 1.82) is 0 Å². The summed E-state index contributed by atoms with van der Waals surface area (Å²) in [5.41, 5.74) is 5.30. The monoisotopic (exact) mass is 462 g/mol. The third kappa shape index (κ3) is 4.75. The van der Waals surface area contributed by atoms with E-state index in [4.69, 9.17) is 0 Å². The Hall–Kier alpha value is -2.90. The molecule has 1 fully saturated rings. The summed E-state index contributed by atoms with van der Waals surface area (Å²) in [5.74, 6) is -0.110. The van der Waals surface area contributed by atoms with Gasteiger partial charge in [-0.1, -0.05) is 12.1 Å². The predicted molar refractivity (Wildman–Crippen MR) is 136 cm³/mol. The molecule has 2 aromatic carbocycles. The minimum atomic E-state index is -0.126. The lowest BCUT2D eigenvalue weighted by molar-refractivity contribution is -0.116. The van der Waals surface area contributed by atoms with E-state index in [0.29, 0.717) is 12.1 Å². The first kappa shape index (κ1) is 21.9. The molecular formula is C26H30N4O2S. The summed E-state index contributed by atoms with van der Waals surface area (Å²) in [5, 5.41) is 9.37. The molecule has 0 radical (unpaired) electrons. The van der Waals surface area contributed by atoms with E-state index in [-0.39, 0.29) is 11.8 Å². The van der Waals surface area contributed by atoms with Crippen LogP contribution in [0.25, 0.3) is 10.1 Å². The summed E-state index contributed by atoms with van der Waals surface area (Å²) in [6.07, 6.45) is 3.30. The highest BCUT2D eigenvalue weighted by Crippen LogP contribution is 2.34. The zero-order valence-electron chi connectivity index (χ0n) is 19.0. The molecule has 3 aromatic rings. The molecule has 2 N–H and O–H groups in total. The maximum Gasteiger partial charge on any atom is 0.224 e. The molecular weight excluding hydrogens is 432 g/mol. The van der Waals surface area contributed by atoms with Gasteiger partial charge >= 0.3 is 0 Å². The lowest BCUT2D eigenvalue weighted by atomic mass is 9.93. The van der Waals surface area contributed by atoms with Crippen LogP contribution in [0.4, 0.5) is 17.1 Å². The van der Waals surface area contributed by atoms with E-state index in [2.05, 4.69) is 56.1 Å². The van der Waals surface area contributed by atoms with E-state index in [0.717, 1.165) is 57.7 Å². The van der Waals surface area contributed by atoms with Crippen molar-refractivity contribution in [3.63, 3.8) is 0 Å². The number of nitrogens with zero attached hydrogens (tertiary/aromatic N) is 2. The van der Waals surface area contributed by atoms with Gasteiger partial charge in [0.05, 0.1) is 11.4 Å². The summed E-state index contributed by atoms with van der Waals surface area (Å²) in [7, 11) is 0. The van der Waals surface area contributed by atoms with Gasteiger partial charge in [0.25, 0.3) is 0 Å². The number of carbonyl (C=O) groups excluding carboxylic acids is 2. The number of thiophene rings is 1. The largest absolute Gasteiger partial charge is 0.368 e. The molecule has 7 heteroatoms. The van der Waals surface area contributed by atoms with Crippen LogP contribution in [0.3, 0.4) is 0 Å². The van der Waals surface area contributed by atoms with Gasteiger partial charge in [-0.05, 0) is 66.6 Å². The molecule has 0 spiro atoms. The zero-order valence-corrected chi connectivity index (χ0v) is 19.8. The van der Waals surface area contributed by atoms with Gasteiger partial charge in [-0.25, -0.2) is 0 Å². The normalized spacial score (nSPS) is 16.5. The summed E-state index contributed by atoms with van der Waals surface area (Å²) in [6.45, 7) is 6.84. The lowest BCUT2D eigenvalue weighted by Gasteiger charge is -2.36. The fourth-order valence-corrected chi connectivity index (χ4v) is 5.85. The Labute approximate surface area is 198 Å². The highest BCUT2D eigenvalue weighted by atomic mass is 32.1. The Kier molecular flexibility index (Phi) is 6.33. The van der Waals surface area contributed by atoms with Crippen molar-refractivity contribution in [2.75, 3.05) is 48.3 Å². The van der Waals surface area contributed by atoms with Crippen LogP contribution in [0.1, 0.15) is 30.9 Å². The third-order valence-electron chi connectivity index (χ3n) is 6.69. The summed E-state index contributed by atoms with van der Waals surface area (Å²) in [4.78, 5) is 28.6. The molecule has 6 nitrogen and oxygen atoms in total. The Morgan fingerprint density at radius 2 is 1.94 bits per heavy atom. The van der Waals surface area contributed by atoms with Gasteiger partial charge < -0.3 is 15.5 Å². The van der Waals surface area contributed by atoms with Crippen LogP contribution in [-0.4, -0.2) is 49.4 Å². The number of fused-ring (bicyclic) bond motifs is 2. The molecule has 5 rings (SSSR count). The minimum absolute atomic E-state index is 0.0160. The van der Waals surface area contributed by atoms with Crippen LogP contribution in [0, 0.1) is 0 Å². The molecule has 0 saturated carbocycles. The Morgan fingerprint density at radius 1 is 1.09 bits per heavy atom. The molecule has 172 valence electrons. The number of piperazine rings is 1. The molecule has 0 unspecified atom stereocenters. The van der Waals surface area contributed by atoms with Crippen LogP contribution in [0.5, 0.6) is 0 Å². The summed E-state index contributed by atoms with van der Waals surface area (Å²) < 4.78 is 1.36. The van der Waals surface area contributed by atoms with Crippen LogP contribution in [0.15, 0.2) is 41.8 Å². The number of benzene rings is 2. The van der Waals surface area contributed by atoms with Crippen LogP contribution in [-0.2, 0) is 22.4 Å². The quantitative estimate of drug-likeness (QED) is 0.566. The first-order valence-electron chi connectivity index (χ1n) is 11.7. The van der Waals surface area contributed by atoms with Gasteiger partial charge in [0.1, 0.15) is 0 Å². The second kappa shape index (κ2) is 9.53. The number of rotatable bonds is 6.